The Hall–Kier alpha value is -2.79. The summed E-state index contributed by atoms with van der Waals surface area (Å²) >= 11 is 11.9. The van der Waals surface area contributed by atoms with Crippen LogP contribution >= 0.6 is 23.2 Å². The molecule has 0 saturated heterocycles. The fraction of sp³-hybridized carbons (Fsp3) is 0.176. The van der Waals surface area contributed by atoms with Crippen molar-refractivity contribution in [2.24, 2.45) is 5.73 Å². The maximum Gasteiger partial charge on any atom is 0.493 e. The number of rotatable bonds is 5. The molecule has 0 saturated carbocycles. The van der Waals surface area contributed by atoms with E-state index in [9.17, 15) is 26.7 Å². The average Bonchev–Trinajstić information content (AvgIpc) is 2.65. The molecule has 0 aromatic heterocycles. The van der Waals surface area contributed by atoms with Crippen LogP contribution in [0.2, 0.25) is 10.0 Å². The predicted octanol–water partition coefficient (Wildman–Crippen LogP) is 4.57. The molecule has 162 valence electrons. The molecule has 0 aliphatic heterocycles. The lowest BCUT2D eigenvalue weighted by Gasteiger charge is -2.22. The molecule has 13 heteroatoms. The summed E-state index contributed by atoms with van der Waals surface area (Å²) < 4.78 is 71.1. The lowest BCUT2D eigenvalue weighted by atomic mass is 10.1. The van der Waals surface area contributed by atoms with Gasteiger partial charge >= 0.3 is 12.1 Å². The number of ether oxygens (including phenoxy) is 1. The van der Waals surface area contributed by atoms with Crippen LogP contribution in [0.5, 0.6) is 5.75 Å². The third-order valence-corrected chi connectivity index (χ3v) is 4.42. The van der Waals surface area contributed by atoms with E-state index in [4.69, 9.17) is 39.1 Å². The molecule has 0 aliphatic rings. The Labute approximate surface area is 176 Å². The van der Waals surface area contributed by atoms with Gasteiger partial charge in [-0.3, -0.25) is 5.41 Å². The minimum Gasteiger partial charge on any atom is -0.486 e. The minimum atomic E-state index is -5.41. The third-order valence-electron chi connectivity index (χ3n) is 3.56. The largest absolute Gasteiger partial charge is 0.493 e. The lowest BCUT2D eigenvalue weighted by molar-refractivity contribution is -0.227. The second kappa shape index (κ2) is 9.35. The number of halogens is 7. The van der Waals surface area contributed by atoms with Crippen molar-refractivity contribution in [2.45, 2.75) is 19.3 Å². The Balaban J connectivity index is 2.25. The summed E-state index contributed by atoms with van der Waals surface area (Å²) in [6, 6.07) is 6.34. The predicted molar refractivity (Wildman–Crippen MR) is 96.8 cm³/mol. The molecular formula is C17H12Cl2F5N3O3. The molecule has 30 heavy (non-hydrogen) atoms. The zero-order valence-corrected chi connectivity index (χ0v) is 16.2. The van der Waals surface area contributed by atoms with Gasteiger partial charge in [0.05, 0.1) is 22.2 Å². The summed E-state index contributed by atoms with van der Waals surface area (Å²) in [6.45, 7) is -1.38. The first-order valence-corrected chi connectivity index (χ1v) is 8.60. The van der Waals surface area contributed by atoms with Crippen molar-refractivity contribution >= 4 is 35.1 Å². The van der Waals surface area contributed by atoms with Crippen LogP contribution in [-0.2, 0) is 22.8 Å². The molecule has 2 aromatic rings. The van der Waals surface area contributed by atoms with E-state index in [1.165, 1.54) is 6.07 Å². The van der Waals surface area contributed by atoms with Crippen LogP contribution in [0.3, 0.4) is 0 Å². The van der Waals surface area contributed by atoms with Gasteiger partial charge in [0, 0.05) is 5.56 Å². The SMILES string of the molecule is N=C(N)N(Cc1c(F)ccc(OCc2cccc(Cl)c2Cl)c1F)OC(=O)C(F)(F)F. The molecule has 0 fully saturated rings. The van der Waals surface area contributed by atoms with Crippen LogP contribution in [0.4, 0.5) is 22.0 Å². The van der Waals surface area contributed by atoms with Gasteiger partial charge in [-0.05, 0) is 18.2 Å². The van der Waals surface area contributed by atoms with Crippen LogP contribution in [0.25, 0.3) is 0 Å². The zero-order chi connectivity index (χ0) is 22.6. The highest BCUT2D eigenvalue weighted by atomic mass is 35.5. The summed E-state index contributed by atoms with van der Waals surface area (Å²) in [5, 5.41) is 7.45. The minimum absolute atomic E-state index is 0.116. The summed E-state index contributed by atoms with van der Waals surface area (Å²) in [6.07, 6.45) is -5.41. The molecule has 0 heterocycles. The van der Waals surface area contributed by atoms with Crippen molar-refractivity contribution in [1.29, 1.82) is 5.41 Å². The van der Waals surface area contributed by atoms with Crippen LogP contribution in [0.1, 0.15) is 11.1 Å². The normalized spacial score (nSPS) is 11.2. The van der Waals surface area contributed by atoms with E-state index < -0.39 is 47.6 Å². The van der Waals surface area contributed by atoms with Crippen molar-refractivity contribution in [3.8, 4) is 5.75 Å². The smallest absolute Gasteiger partial charge is 0.486 e. The number of carbonyl (C=O) groups excluding carboxylic acids is 1. The number of guanidine groups is 1. The van der Waals surface area contributed by atoms with E-state index in [1.54, 1.807) is 12.1 Å². The van der Waals surface area contributed by atoms with Gasteiger partial charge in [0.1, 0.15) is 12.4 Å². The fourth-order valence-corrected chi connectivity index (χ4v) is 2.48. The van der Waals surface area contributed by atoms with Gasteiger partial charge in [-0.2, -0.15) is 18.2 Å². The Morgan fingerprint density at radius 3 is 2.43 bits per heavy atom. The number of hydroxylamine groups is 2. The topological polar surface area (TPSA) is 88.6 Å². The maximum absolute atomic E-state index is 14.7. The summed E-state index contributed by atoms with van der Waals surface area (Å²) in [4.78, 5) is 14.9. The Bertz CT molecular complexity index is 972. The highest BCUT2D eigenvalue weighted by molar-refractivity contribution is 6.42. The number of carbonyl (C=O) groups is 1. The van der Waals surface area contributed by atoms with Crippen LogP contribution < -0.4 is 10.5 Å². The quantitative estimate of drug-likeness (QED) is 0.288. The standard InChI is InChI=1S/C17H12Cl2F5N3O3/c18-10-3-1-2-8(13(10)19)7-29-12-5-4-11(20)9(14(12)21)6-27(16(25)26)30-15(28)17(22,23)24/h1-5H,6-7H2,(H3,25,26). The number of nitrogens with two attached hydrogens (primary N) is 1. The molecule has 2 rings (SSSR count). The molecular weight excluding hydrogens is 460 g/mol. The summed E-state index contributed by atoms with van der Waals surface area (Å²) in [5.41, 5.74) is 4.58. The van der Waals surface area contributed by atoms with Crippen molar-refractivity contribution in [3.05, 3.63) is 63.1 Å². The molecule has 0 radical (unpaired) electrons. The molecule has 0 bridgehead atoms. The van der Waals surface area contributed by atoms with Crippen molar-refractivity contribution in [1.82, 2.24) is 5.06 Å². The molecule has 6 nitrogen and oxygen atoms in total. The van der Waals surface area contributed by atoms with E-state index in [0.717, 1.165) is 12.1 Å². The van der Waals surface area contributed by atoms with Crippen LogP contribution in [-0.4, -0.2) is 23.2 Å². The Kier molecular flexibility index (Phi) is 7.32. The fourth-order valence-electron chi connectivity index (χ4n) is 2.11. The van der Waals surface area contributed by atoms with E-state index in [0.29, 0.717) is 5.56 Å². The summed E-state index contributed by atoms with van der Waals surface area (Å²) in [7, 11) is 0. The molecule has 3 N–H and O–H groups in total. The van der Waals surface area contributed by atoms with Gasteiger partial charge < -0.3 is 15.3 Å². The van der Waals surface area contributed by atoms with Gasteiger partial charge in [0.15, 0.2) is 11.6 Å². The Morgan fingerprint density at radius 1 is 1.17 bits per heavy atom. The highest BCUT2D eigenvalue weighted by Crippen LogP contribution is 2.29. The van der Waals surface area contributed by atoms with Gasteiger partial charge in [0.25, 0.3) is 0 Å². The number of hydrogen-bond acceptors (Lipinski definition) is 4. The number of hydrogen-bond donors (Lipinski definition) is 2. The first kappa shape index (κ1) is 23.5. The first-order valence-electron chi connectivity index (χ1n) is 7.85. The number of alkyl halides is 3. The summed E-state index contributed by atoms with van der Waals surface area (Å²) in [5.74, 6) is -6.89. The maximum atomic E-state index is 14.7. The van der Waals surface area contributed by atoms with E-state index in [-0.39, 0.29) is 21.7 Å². The van der Waals surface area contributed by atoms with Crippen LogP contribution in [0, 0.1) is 17.0 Å². The van der Waals surface area contributed by atoms with Gasteiger partial charge in [-0.15, -0.1) is 0 Å². The third kappa shape index (κ3) is 5.63. The lowest BCUT2D eigenvalue weighted by Crippen LogP contribution is -2.41. The zero-order valence-electron chi connectivity index (χ0n) is 14.7. The molecule has 0 amide bonds. The van der Waals surface area contributed by atoms with Crippen molar-refractivity contribution in [2.75, 3.05) is 0 Å². The van der Waals surface area contributed by atoms with Crippen molar-refractivity contribution in [3.63, 3.8) is 0 Å². The molecule has 0 aliphatic carbocycles. The van der Waals surface area contributed by atoms with Gasteiger partial charge in [-0.1, -0.05) is 35.3 Å². The second-order valence-corrected chi connectivity index (χ2v) is 6.42. The first-order chi connectivity index (χ1) is 13.9. The van der Waals surface area contributed by atoms with E-state index in [1.807, 2.05) is 0 Å². The number of nitrogens with zero attached hydrogens (tertiary/aromatic N) is 1. The number of nitrogens with one attached hydrogen (secondary N) is 1. The van der Waals surface area contributed by atoms with E-state index in [2.05, 4.69) is 4.84 Å². The highest BCUT2D eigenvalue weighted by Gasteiger charge is 2.43. The van der Waals surface area contributed by atoms with Gasteiger partial charge in [-0.25, -0.2) is 13.6 Å². The monoisotopic (exact) mass is 471 g/mol. The van der Waals surface area contributed by atoms with Gasteiger partial charge in [0.2, 0.25) is 5.96 Å². The van der Waals surface area contributed by atoms with Crippen molar-refractivity contribution < 1.29 is 36.3 Å². The Morgan fingerprint density at radius 2 is 1.83 bits per heavy atom. The van der Waals surface area contributed by atoms with Crippen LogP contribution in [0.15, 0.2) is 30.3 Å². The molecule has 0 atom stereocenters. The van der Waals surface area contributed by atoms with E-state index >= 15 is 0 Å². The molecule has 0 spiro atoms. The second-order valence-electron chi connectivity index (χ2n) is 5.64. The average molecular weight is 472 g/mol. The molecule has 2 aromatic carbocycles. The number of benzene rings is 2. The molecule has 0 unspecified atom stereocenters.